The normalized spacial score (nSPS) is 10.2. The Morgan fingerprint density at radius 1 is 1.35 bits per heavy atom. The van der Waals surface area contributed by atoms with Crippen LogP contribution in [-0.2, 0) is 20.7 Å². The minimum Gasteiger partial charge on any atom is -0.482 e. The van der Waals surface area contributed by atoms with Crippen molar-refractivity contribution in [2.45, 2.75) is 6.42 Å². The zero-order chi connectivity index (χ0) is 16.8. The van der Waals surface area contributed by atoms with Crippen molar-refractivity contribution in [2.24, 2.45) is 0 Å². The predicted molar refractivity (Wildman–Crippen MR) is 88.4 cm³/mol. The number of methoxy groups -OCH3 is 1. The van der Waals surface area contributed by atoms with Crippen molar-refractivity contribution in [3.05, 3.63) is 39.3 Å². The maximum atomic E-state index is 11.8. The SMILES string of the molecule is COC(=O)Cc1csc(NC(=O)COc2cc(Cl)ccc2Cl)n1. The van der Waals surface area contributed by atoms with Crippen molar-refractivity contribution in [1.29, 1.82) is 0 Å². The van der Waals surface area contributed by atoms with E-state index < -0.39 is 11.9 Å². The van der Waals surface area contributed by atoms with E-state index in [1.54, 1.807) is 17.5 Å². The van der Waals surface area contributed by atoms with Gasteiger partial charge in [-0.2, -0.15) is 0 Å². The van der Waals surface area contributed by atoms with Crippen LogP contribution in [0.2, 0.25) is 10.0 Å². The molecule has 0 radical (unpaired) electrons. The van der Waals surface area contributed by atoms with Gasteiger partial charge in [-0.05, 0) is 12.1 Å². The van der Waals surface area contributed by atoms with Gasteiger partial charge in [0.05, 0.1) is 24.2 Å². The third-order valence-electron chi connectivity index (χ3n) is 2.60. The maximum absolute atomic E-state index is 11.8. The molecule has 0 spiro atoms. The number of thiazole rings is 1. The summed E-state index contributed by atoms with van der Waals surface area (Å²) in [5.41, 5.74) is 0.524. The maximum Gasteiger partial charge on any atom is 0.311 e. The summed E-state index contributed by atoms with van der Waals surface area (Å²) in [6, 6.07) is 4.72. The summed E-state index contributed by atoms with van der Waals surface area (Å²) >= 11 is 13.0. The van der Waals surface area contributed by atoms with Crippen molar-refractivity contribution in [2.75, 3.05) is 19.0 Å². The molecule has 1 aromatic heterocycles. The van der Waals surface area contributed by atoms with Crippen LogP contribution in [-0.4, -0.2) is 30.6 Å². The molecular weight excluding hydrogens is 363 g/mol. The second-order valence-electron chi connectivity index (χ2n) is 4.31. The van der Waals surface area contributed by atoms with Crippen molar-refractivity contribution in [3.8, 4) is 5.75 Å². The topological polar surface area (TPSA) is 77.5 Å². The first-order valence-electron chi connectivity index (χ1n) is 6.37. The van der Waals surface area contributed by atoms with Crippen LogP contribution in [0.25, 0.3) is 0 Å². The summed E-state index contributed by atoms with van der Waals surface area (Å²) in [6.45, 7) is -0.244. The summed E-state index contributed by atoms with van der Waals surface area (Å²) < 4.78 is 9.86. The van der Waals surface area contributed by atoms with Gasteiger partial charge in [-0.25, -0.2) is 4.98 Å². The van der Waals surface area contributed by atoms with Gasteiger partial charge >= 0.3 is 5.97 Å². The van der Waals surface area contributed by atoms with E-state index in [1.165, 1.54) is 24.5 Å². The van der Waals surface area contributed by atoms with E-state index in [9.17, 15) is 9.59 Å². The second kappa shape index (κ2) is 8.14. The van der Waals surface area contributed by atoms with Crippen LogP contribution >= 0.6 is 34.5 Å². The standard InChI is InChI=1S/C14H12Cl2N2O4S/c1-21-13(20)5-9-7-23-14(17-9)18-12(19)6-22-11-4-8(15)2-3-10(11)16/h2-4,7H,5-6H2,1H3,(H,17,18,19). The number of benzene rings is 1. The molecule has 9 heteroatoms. The molecule has 1 aromatic carbocycles. The van der Waals surface area contributed by atoms with Crippen LogP contribution in [0.3, 0.4) is 0 Å². The van der Waals surface area contributed by atoms with E-state index in [2.05, 4.69) is 15.0 Å². The summed E-state index contributed by atoms with van der Waals surface area (Å²) in [7, 11) is 1.30. The Bertz CT molecular complexity index is 721. The summed E-state index contributed by atoms with van der Waals surface area (Å²) in [5.74, 6) is -0.480. The van der Waals surface area contributed by atoms with Gasteiger partial charge in [0.15, 0.2) is 11.7 Å². The van der Waals surface area contributed by atoms with Gasteiger partial charge in [-0.15, -0.1) is 11.3 Å². The van der Waals surface area contributed by atoms with Gasteiger partial charge in [0.1, 0.15) is 5.75 Å². The Morgan fingerprint density at radius 3 is 2.87 bits per heavy atom. The number of amides is 1. The van der Waals surface area contributed by atoms with Gasteiger partial charge in [0.25, 0.3) is 5.91 Å². The third kappa shape index (κ3) is 5.38. The van der Waals surface area contributed by atoms with Crippen molar-refractivity contribution >= 4 is 51.5 Å². The summed E-state index contributed by atoms with van der Waals surface area (Å²) in [4.78, 5) is 27.1. The van der Waals surface area contributed by atoms with Crippen LogP contribution in [0, 0.1) is 0 Å². The first-order chi connectivity index (χ1) is 11.0. The molecule has 0 fully saturated rings. The lowest BCUT2D eigenvalue weighted by Crippen LogP contribution is -2.20. The van der Waals surface area contributed by atoms with Gasteiger partial charge in [-0.1, -0.05) is 23.2 Å². The van der Waals surface area contributed by atoms with Gasteiger partial charge < -0.3 is 9.47 Å². The lowest BCUT2D eigenvalue weighted by molar-refractivity contribution is -0.139. The Hall–Kier alpha value is -1.83. The van der Waals surface area contributed by atoms with E-state index in [-0.39, 0.29) is 13.0 Å². The number of halogens is 2. The first-order valence-corrected chi connectivity index (χ1v) is 8.00. The van der Waals surface area contributed by atoms with E-state index in [0.29, 0.717) is 26.6 Å². The van der Waals surface area contributed by atoms with Crippen LogP contribution in [0.5, 0.6) is 5.75 Å². The monoisotopic (exact) mass is 374 g/mol. The molecule has 122 valence electrons. The van der Waals surface area contributed by atoms with E-state index >= 15 is 0 Å². The number of carbonyl (C=O) groups is 2. The largest absolute Gasteiger partial charge is 0.482 e. The molecule has 1 amide bonds. The van der Waals surface area contributed by atoms with Crippen molar-refractivity contribution in [3.63, 3.8) is 0 Å². The number of ether oxygens (including phenoxy) is 2. The van der Waals surface area contributed by atoms with Crippen LogP contribution < -0.4 is 10.1 Å². The average molecular weight is 375 g/mol. The molecule has 0 aliphatic rings. The van der Waals surface area contributed by atoms with Gasteiger partial charge in [0, 0.05) is 16.5 Å². The molecule has 1 heterocycles. The lowest BCUT2D eigenvalue weighted by atomic mass is 10.3. The molecule has 0 bridgehead atoms. The molecule has 0 saturated carbocycles. The van der Waals surface area contributed by atoms with Crippen LogP contribution in [0.4, 0.5) is 5.13 Å². The van der Waals surface area contributed by atoms with Crippen LogP contribution in [0.15, 0.2) is 23.6 Å². The molecule has 6 nitrogen and oxygen atoms in total. The zero-order valence-corrected chi connectivity index (χ0v) is 14.3. The number of anilines is 1. The van der Waals surface area contributed by atoms with E-state index in [4.69, 9.17) is 27.9 Å². The number of hydrogen-bond acceptors (Lipinski definition) is 6. The molecule has 1 N–H and O–H groups in total. The van der Waals surface area contributed by atoms with Gasteiger partial charge in [0.2, 0.25) is 0 Å². The highest BCUT2D eigenvalue weighted by Gasteiger charge is 2.11. The Kier molecular flexibility index (Phi) is 6.20. The average Bonchev–Trinajstić information content (AvgIpc) is 2.95. The number of hydrogen-bond donors (Lipinski definition) is 1. The molecule has 23 heavy (non-hydrogen) atoms. The highest BCUT2D eigenvalue weighted by molar-refractivity contribution is 7.13. The highest BCUT2D eigenvalue weighted by Crippen LogP contribution is 2.27. The predicted octanol–water partition coefficient (Wildman–Crippen LogP) is 3.18. The fraction of sp³-hybridized carbons (Fsp3) is 0.214. The van der Waals surface area contributed by atoms with E-state index in [1.807, 2.05) is 0 Å². The number of nitrogens with one attached hydrogen (secondary N) is 1. The molecule has 0 saturated heterocycles. The molecule has 0 atom stereocenters. The summed E-state index contributed by atoms with van der Waals surface area (Å²) in [5, 5.41) is 5.43. The molecular formula is C14H12Cl2N2O4S. The lowest BCUT2D eigenvalue weighted by Gasteiger charge is -2.07. The minimum atomic E-state index is -0.403. The number of esters is 1. The minimum absolute atomic E-state index is 0.0531. The zero-order valence-electron chi connectivity index (χ0n) is 12.0. The molecule has 0 aliphatic heterocycles. The Morgan fingerprint density at radius 2 is 2.13 bits per heavy atom. The quantitative estimate of drug-likeness (QED) is 0.785. The smallest absolute Gasteiger partial charge is 0.311 e. The first kappa shape index (κ1) is 17.5. The number of carbonyl (C=O) groups excluding carboxylic acids is 2. The fourth-order valence-corrected chi connectivity index (χ4v) is 2.61. The van der Waals surface area contributed by atoms with Crippen molar-refractivity contribution in [1.82, 2.24) is 4.98 Å². The molecule has 2 rings (SSSR count). The number of aromatic nitrogens is 1. The Balaban J connectivity index is 1.87. The van der Waals surface area contributed by atoms with E-state index in [0.717, 1.165) is 0 Å². The molecule has 0 unspecified atom stereocenters. The fourth-order valence-electron chi connectivity index (χ4n) is 1.55. The molecule has 0 aliphatic carbocycles. The second-order valence-corrected chi connectivity index (χ2v) is 6.01. The molecule has 2 aromatic rings. The number of rotatable bonds is 6. The number of nitrogens with zero attached hydrogens (tertiary/aromatic N) is 1. The van der Waals surface area contributed by atoms with Crippen LogP contribution in [0.1, 0.15) is 5.69 Å². The van der Waals surface area contributed by atoms with Gasteiger partial charge in [-0.3, -0.25) is 14.9 Å². The Labute approximate surface area is 146 Å². The van der Waals surface area contributed by atoms with Crippen molar-refractivity contribution < 1.29 is 19.1 Å². The highest BCUT2D eigenvalue weighted by atomic mass is 35.5. The summed E-state index contributed by atoms with van der Waals surface area (Å²) in [6.07, 6.45) is 0.0531. The third-order valence-corrected chi connectivity index (χ3v) is 3.96.